The molecule has 5 nitrogen and oxygen atoms in total. The van der Waals surface area contributed by atoms with Crippen LogP contribution in [-0.4, -0.2) is 23.4 Å². The number of nitrogens with zero attached hydrogens (tertiary/aromatic N) is 3. The predicted octanol–water partition coefficient (Wildman–Crippen LogP) is 4.65. The summed E-state index contributed by atoms with van der Waals surface area (Å²) < 4.78 is 5.37. The number of methoxy groups -OCH3 is 1. The Balaban J connectivity index is 2.25. The SMILES string of the molecule is CCc1ccc(Cl)cc1-c1ncc(OC)cc1-c1ccnc(N=CN)c1. The van der Waals surface area contributed by atoms with Crippen LogP contribution >= 0.6 is 11.6 Å². The molecular weight excluding hydrogens is 348 g/mol. The molecule has 0 spiro atoms. The zero-order valence-corrected chi connectivity index (χ0v) is 15.4. The van der Waals surface area contributed by atoms with Crippen LogP contribution in [0.3, 0.4) is 0 Å². The summed E-state index contributed by atoms with van der Waals surface area (Å²) in [4.78, 5) is 12.9. The van der Waals surface area contributed by atoms with Crippen LogP contribution in [0.15, 0.2) is 53.8 Å². The zero-order chi connectivity index (χ0) is 18.5. The molecule has 0 fully saturated rings. The monoisotopic (exact) mass is 366 g/mol. The van der Waals surface area contributed by atoms with E-state index < -0.39 is 0 Å². The number of aryl methyl sites for hydroxylation is 1. The normalized spacial score (nSPS) is 11.0. The number of benzene rings is 1. The van der Waals surface area contributed by atoms with Crippen molar-refractivity contribution in [1.29, 1.82) is 0 Å². The van der Waals surface area contributed by atoms with Crippen molar-refractivity contribution in [2.24, 2.45) is 10.7 Å². The van der Waals surface area contributed by atoms with Crippen molar-refractivity contribution in [2.45, 2.75) is 13.3 Å². The Kier molecular flexibility index (Phi) is 5.49. The molecule has 0 aliphatic carbocycles. The van der Waals surface area contributed by atoms with E-state index >= 15 is 0 Å². The largest absolute Gasteiger partial charge is 0.495 e. The van der Waals surface area contributed by atoms with Crippen LogP contribution in [-0.2, 0) is 6.42 Å². The van der Waals surface area contributed by atoms with Gasteiger partial charge in [-0.1, -0.05) is 24.6 Å². The molecule has 26 heavy (non-hydrogen) atoms. The number of pyridine rings is 2. The van der Waals surface area contributed by atoms with Gasteiger partial charge < -0.3 is 10.5 Å². The molecule has 2 heterocycles. The number of rotatable bonds is 5. The maximum absolute atomic E-state index is 6.25. The average Bonchev–Trinajstić information content (AvgIpc) is 2.68. The fourth-order valence-corrected chi connectivity index (χ4v) is 2.97. The first kappa shape index (κ1) is 17.9. The van der Waals surface area contributed by atoms with Gasteiger partial charge in [-0.25, -0.2) is 9.98 Å². The summed E-state index contributed by atoms with van der Waals surface area (Å²) in [6.07, 6.45) is 5.50. The van der Waals surface area contributed by atoms with Crippen molar-refractivity contribution in [3.63, 3.8) is 0 Å². The third-order valence-electron chi connectivity index (χ3n) is 4.07. The van der Waals surface area contributed by atoms with Gasteiger partial charge in [0.15, 0.2) is 5.82 Å². The quantitative estimate of drug-likeness (QED) is 0.526. The number of ether oxygens (including phenoxy) is 1. The van der Waals surface area contributed by atoms with Crippen molar-refractivity contribution < 1.29 is 4.74 Å². The lowest BCUT2D eigenvalue weighted by Crippen LogP contribution is -1.96. The van der Waals surface area contributed by atoms with E-state index in [1.54, 1.807) is 19.5 Å². The van der Waals surface area contributed by atoms with Gasteiger partial charge in [0.05, 0.1) is 25.3 Å². The highest BCUT2D eigenvalue weighted by molar-refractivity contribution is 6.30. The molecule has 0 unspecified atom stereocenters. The van der Waals surface area contributed by atoms with Crippen molar-refractivity contribution >= 4 is 23.8 Å². The highest BCUT2D eigenvalue weighted by atomic mass is 35.5. The van der Waals surface area contributed by atoms with Crippen molar-refractivity contribution in [3.8, 4) is 28.1 Å². The summed E-state index contributed by atoms with van der Waals surface area (Å²) in [5.74, 6) is 1.20. The molecule has 0 radical (unpaired) electrons. The van der Waals surface area contributed by atoms with Crippen LogP contribution in [0, 0.1) is 0 Å². The van der Waals surface area contributed by atoms with E-state index in [1.165, 1.54) is 11.9 Å². The molecule has 0 atom stereocenters. The van der Waals surface area contributed by atoms with Gasteiger partial charge in [0.25, 0.3) is 0 Å². The molecule has 3 rings (SSSR count). The van der Waals surface area contributed by atoms with Gasteiger partial charge >= 0.3 is 0 Å². The van der Waals surface area contributed by atoms with Crippen LogP contribution in [0.1, 0.15) is 12.5 Å². The molecule has 6 heteroatoms. The fourth-order valence-electron chi connectivity index (χ4n) is 2.80. The number of nitrogens with two attached hydrogens (primary N) is 1. The van der Waals surface area contributed by atoms with E-state index in [0.717, 1.165) is 28.8 Å². The first-order valence-corrected chi connectivity index (χ1v) is 8.57. The molecule has 2 N–H and O–H groups in total. The van der Waals surface area contributed by atoms with Gasteiger partial charge in [0.1, 0.15) is 5.75 Å². The van der Waals surface area contributed by atoms with Gasteiger partial charge in [0.2, 0.25) is 0 Å². The minimum absolute atomic E-state index is 0.528. The summed E-state index contributed by atoms with van der Waals surface area (Å²) in [5.41, 5.74) is 10.2. The van der Waals surface area contributed by atoms with Gasteiger partial charge in [-0.2, -0.15) is 0 Å². The Labute approximate surface area is 157 Å². The van der Waals surface area contributed by atoms with E-state index in [9.17, 15) is 0 Å². The molecule has 0 bridgehead atoms. The second-order valence-corrected chi connectivity index (χ2v) is 6.04. The number of aliphatic imine (C=N–C) groups is 1. The second-order valence-electron chi connectivity index (χ2n) is 5.61. The molecule has 132 valence electrons. The first-order valence-electron chi connectivity index (χ1n) is 8.19. The number of hydrogen-bond donors (Lipinski definition) is 1. The van der Waals surface area contributed by atoms with Crippen LogP contribution in [0.5, 0.6) is 5.75 Å². The van der Waals surface area contributed by atoms with Crippen molar-refractivity contribution in [1.82, 2.24) is 9.97 Å². The summed E-state index contributed by atoms with van der Waals surface area (Å²) >= 11 is 6.25. The Morgan fingerprint density at radius 3 is 2.73 bits per heavy atom. The highest BCUT2D eigenvalue weighted by Gasteiger charge is 2.15. The van der Waals surface area contributed by atoms with Crippen LogP contribution in [0.4, 0.5) is 5.82 Å². The average molecular weight is 367 g/mol. The number of hydrogen-bond acceptors (Lipinski definition) is 4. The third kappa shape index (κ3) is 3.68. The predicted molar refractivity (Wildman–Crippen MR) is 106 cm³/mol. The summed E-state index contributed by atoms with van der Waals surface area (Å²) in [7, 11) is 1.62. The molecule has 0 amide bonds. The smallest absolute Gasteiger partial charge is 0.154 e. The molecule has 0 saturated carbocycles. The van der Waals surface area contributed by atoms with Crippen LogP contribution in [0.2, 0.25) is 5.02 Å². The fraction of sp³-hybridized carbons (Fsp3) is 0.150. The number of aromatic nitrogens is 2. The zero-order valence-electron chi connectivity index (χ0n) is 14.6. The molecule has 1 aromatic carbocycles. The van der Waals surface area contributed by atoms with Gasteiger partial charge in [-0.05, 0) is 47.9 Å². The van der Waals surface area contributed by atoms with E-state index in [2.05, 4.69) is 21.9 Å². The van der Waals surface area contributed by atoms with Crippen LogP contribution in [0.25, 0.3) is 22.4 Å². The lowest BCUT2D eigenvalue weighted by Gasteiger charge is -2.14. The Morgan fingerprint density at radius 1 is 1.15 bits per heavy atom. The van der Waals surface area contributed by atoms with E-state index in [4.69, 9.17) is 22.1 Å². The topological polar surface area (TPSA) is 73.4 Å². The Hall–Kier alpha value is -2.92. The van der Waals surface area contributed by atoms with Gasteiger partial charge in [-0.15, -0.1) is 0 Å². The van der Waals surface area contributed by atoms with Gasteiger partial charge in [0, 0.05) is 22.3 Å². The third-order valence-corrected chi connectivity index (χ3v) is 4.30. The maximum atomic E-state index is 6.25. The molecule has 0 saturated heterocycles. The molecular formula is C20H19ClN4O. The summed E-state index contributed by atoms with van der Waals surface area (Å²) in [6, 6.07) is 11.6. The first-order chi connectivity index (χ1) is 12.7. The molecule has 0 aliphatic heterocycles. The van der Waals surface area contributed by atoms with Gasteiger partial charge in [-0.3, -0.25) is 4.98 Å². The van der Waals surface area contributed by atoms with Crippen LogP contribution < -0.4 is 10.5 Å². The Morgan fingerprint density at radius 2 is 2.00 bits per heavy atom. The summed E-state index contributed by atoms with van der Waals surface area (Å²) in [5, 5.41) is 0.670. The minimum Gasteiger partial charge on any atom is -0.495 e. The van der Waals surface area contributed by atoms with E-state index in [0.29, 0.717) is 16.6 Å². The maximum Gasteiger partial charge on any atom is 0.154 e. The molecule has 3 aromatic rings. The lowest BCUT2D eigenvalue weighted by molar-refractivity contribution is 0.413. The molecule has 2 aromatic heterocycles. The second kappa shape index (κ2) is 7.97. The van der Waals surface area contributed by atoms with Crippen molar-refractivity contribution in [2.75, 3.05) is 7.11 Å². The van der Waals surface area contributed by atoms with E-state index in [-0.39, 0.29) is 0 Å². The van der Waals surface area contributed by atoms with E-state index in [1.807, 2.05) is 36.4 Å². The Bertz CT molecular complexity index is 956. The molecule has 0 aliphatic rings. The standard InChI is InChI=1S/C20H19ClN4O/c1-3-13-4-5-15(21)9-17(13)20-18(10-16(26-2)11-24-20)14-6-7-23-19(8-14)25-12-22/h4-12H,3H2,1-2H3,(H2,22,23,25). The lowest BCUT2D eigenvalue weighted by atomic mass is 9.95. The highest BCUT2D eigenvalue weighted by Crippen LogP contribution is 2.36. The summed E-state index contributed by atoms with van der Waals surface area (Å²) in [6.45, 7) is 2.11. The number of halogens is 1. The van der Waals surface area contributed by atoms with Crippen molar-refractivity contribution in [3.05, 3.63) is 59.4 Å². The minimum atomic E-state index is 0.528.